The van der Waals surface area contributed by atoms with Crippen LogP contribution < -0.4 is 15.6 Å². The van der Waals surface area contributed by atoms with Gasteiger partial charge in [-0.15, -0.1) is 0 Å². The highest BCUT2D eigenvalue weighted by molar-refractivity contribution is 5.92. The minimum atomic E-state index is -0.202. The van der Waals surface area contributed by atoms with E-state index in [1.54, 1.807) is 56.6 Å². The Morgan fingerprint density at radius 3 is 2.67 bits per heavy atom. The normalized spacial score (nSPS) is 10.7. The van der Waals surface area contributed by atoms with E-state index in [0.717, 1.165) is 11.3 Å². The van der Waals surface area contributed by atoms with E-state index in [2.05, 4.69) is 15.3 Å². The predicted molar refractivity (Wildman–Crippen MR) is 115 cm³/mol. The van der Waals surface area contributed by atoms with Gasteiger partial charge in [-0.2, -0.15) is 0 Å². The average molecular weight is 400 g/mol. The highest BCUT2D eigenvalue weighted by Crippen LogP contribution is 2.17. The second-order valence-corrected chi connectivity index (χ2v) is 6.80. The Labute approximate surface area is 173 Å². The van der Waals surface area contributed by atoms with Crippen LogP contribution in [0.25, 0.3) is 16.7 Å². The molecule has 30 heavy (non-hydrogen) atoms. The summed E-state index contributed by atoms with van der Waals surface area (Å²) in [6.07, 6.45) is 1.84. The van der Waals surface area contributed by atoms with Crippen molar-refractivity contribution in [3.05, 3.63) is 88.6 Å². The van der Waals surface area contributed by atoms with Crippen LogP contribution in [0.5, 0.6) is 5.75 Å². The third kappa shape index (κ3) is 3.91. The molecule has 2 heterocycles. The van der Waals surface area contributed by atoms with Gasteiger partial charge in [-0.05, 0) is 55.0 Å². The molecule has 1 N–H and O–H groups in total. The Morgan fingerprint density at radius 1 is 1.10 bits per heavy atom. The molecule has 0 atom stereocenters. The second-order valence-electron chi connectivity index (χ2n) is 6.80. The number of rotatable bonds is 5. The van der Waals surface area contributed by atoms with Gasteiger partial charge < -0.3 is 10.1 Å². The number of methoxy groups -OCH3 is 1. The number of nitrogens with zero attached hydrogens (tertiary/aromatic N) is 3. The number of aryl methyl sites for hydroxylation is 1. The molecule has 0 bridgehead atoms. The van der Waals surface area contributed by atoms with Crippen LogP contribution >= 0.6 is 0 Å². The first-order valence-electron chi connectivity index (χ1n) is 9.43. The van der Waals surface area contributed by atoms with Crippen molar-refractivity contribution in [2.75, 3.05) is 12.4 Å². The first-order valence-corrected chi connectivity index (χ1v) is 9.43. The third-order valence-electron chi connectivity index (χ3n) is 4.72. The van der Waals surface area contributed by atoms with E-state index < -0.39 is 0 Å². The fourth-order valence-electron chi connectivity index (χ4n) is 3.28. The predicted octanol–water partition coefficient (Wildman–Crippen LogP) is 3.28. The van der Waals surface area contributed by atoms with Gasteiger partial charge in [-0.1, -0.05) is 18.2 Å². The van der Waals surface area contributed by atoms with Crippen molar-refractivity contribution >= 4 is 22.6 Å². The van der Waals surface area contributed by atoms with Crippen molar-refractivity contribution in [1.82, 2.24) is 14.5 Å². The number of pyridine rings is 1. The zero-order chi connectivity index (χ0) is 21.1. The standard InChI is InChI=1S/C23H20N4O3/c1-15-25-22-20(7-4-12-24-22)23(29)27(15)18-6-3-5-17(14-18)26-21(28)13-16-8-10-19(30-2)11-9-16/h3-12,14H,13H2,1-2H3,(H,26,28). The topological polar surface area (TPSA) is 86.1 Å². The number of aromatic nitrogens is 3. The number of fused-ring (bicyclic) bond motifs is 1. The minimum Gasteiger partial charge on any atom is -0.497 e. The van der Waals surface area contributed by atoms with Crippen LogP contribution in [0.1, 0.15) is 11.4 Å². The van der Waals surface area contributed by atoms with Crippen LogP contribution in [0.3, 0.4) is 0 Å². The van der Waals surface area contributed by atoms with Crippen molar-refractivity contribution in [1.29, 1.82) is 0 Å². The first kappa shape index (κ1) is 19.3. The summed E-state index contributed by atoms with van der Waals surface area (Å²) in [5, 5.41) is 3.33. The van der Waals surface area contributed by atoms with Gasteiger partial charge in [0, 0.05) is 11.9 Å². The van der Waals surface area contributed by atoms with Crippen LogP contribution in [0.4, 0.5) is 5.69 Å². The van der Waals surface area contributed by atoms with E-state index in [-0.39, 0.29) is 17.9 Å². The van der Waals surface area contributed by atoms with Gasteiger partial charge in [0.05, 0.1) is 24.6 Å². The molecule has 0 aliphatic rings. The molecular weight excluding hydrogens is 380 g/mol. The summed E-state index contributed by atoms with van der Waals surface area (Å²) >= 11 is 0. The molecule has 2 aromatic heterocycles. The van der Waals surface area contributed by atoms with Crippen molar-refractivity contribution in [3.8, 4) is 11.4 Å². The van der Waals surface area contributed by atoms with E-state index in [0.29, 0.717) is 28.2 Å². The number of hydrogen-bond donors (Lipinski definition) is 1. The molecule has 0 aliphatic heterocycles. The number of anilines is 1. The molecule has 0 saturated heterocycles. The van der Waals surface area contributed by atoms with Crippen LogP contribution in [-0.2, 0) is 11.2 Å². The summed E-state index contributed by atoms with van der Waals surface area (Å²) in [6, 6.07) is 17.9. The highest BCUT2D eigenvalue weighted by atomic mass is 16.5. The summed E-state index contributed by atoms with van der Waals surface area (Å²) in [6.45, 7) is 1.75. The number of amides is 1. The molecule has 4 rings (SSSR count). The van der Waals surface area contributed by atoms with Gasteiger partial charge in [-0.3, -0.25) is 14.2 Å². The molecule has 0 unspecified atom stereocenters. The maximum atomic E-state index is 13.0. The number of nitrogens with one attached hydrogen (secondary N) is 1. The summed E-state index contributed by atoms with van der Waals surface area (Å²) in [5.74, 6) is 1.11. The van der Waals surface area contributed by atoms with E-state index >= 15 is 0 Å². The third-order valence-corrected chi connectivity index (χ3v) is 4.72. The van der Waals surface area contributed by atoms with E-state index in [1.807, 2.05) is 24.3 Å². The van der Waals surface area contributed by atoms with Crippen molar-refractivity contribution in [2.45, 2.75) is 13.3 Å². The van der Waals surface area contributed by atoms with Crippen molar-refractivity contribution in [2.24, 2.45) is 0 Å². The molecule has 7 heteroatoms. The lowest BCUT2D eigenvalue weighted by Gasteiger charge is -2.12. The Balaban J connectivity index is 1.59. The first-order chi connectivity index (χ1) is 14.5. The monoisotopic (exact) mass is 400 g/mol. The minimum absolute atomic E-state index is 0.151. The lowest BCUT2D eigenvalue weighted by Crippen LogP contribution is -2.23. The van der Waals surface area contributed by atoms with Crippen LogP contribution in [0, 0.1) is 6.92 Å². The van der Waals surface area contributed by atoms with Gasteiger partial charge in [0.1, 0.15) is 11.6 Å². The zero-order valence-electron chi connectivity index (χ0n) is 16.6. The van der Waals surface area contributed by atoms with Crippen molar-refractivity contribution < 1.29 is 9.53 Å². The van der Waals surface area contributed by atoms with E-state index in [1.165, 1.54) is 4.57 Å². The molecule has 0 saturated carbocycles. The molecule has 4 aromatic rings. The number of carbonyl (C=O) groups is 1. The van der Waals surface area contributed by atoms with Crippen LogP contribution in [0.2, 0.25) is 0 Å². The molecule has 150 valence electrons. The lowest BCUT2D eigenvalue weighted by atomic mass is 10.1. The van der Waals surface area contributed by atoms with Gasteiger partial charge in [0.15, 0.2) is 5.65 Å². The number of carbonyl (C=O) groups excluding carboxylic acids is 1. The zero-order valence-corrected chi connectivity index (χ0v) is 16.6. The van der Waals surface area contributed by atoms with E-state index in [4.69, 9.17) is 4.74 Å². The molecule has 0 radical (unpaired) electrons. The molecule has 2 aromatic carbocycles. The van der Waals surface area contributed by atoms with Crippen LogP contribution in [-0.4, -0.2) is 27.6 Å². The SMILES string of the molecule is COc1ccc(CC(=O)Nc2cccc(-n3c(C)nc4ncccc4c3=O)c2)cc1. The summed E-state index contributed by atoms with van der Waals surface area (Å²) in [5.41, 5.74) is 2.32. The van der Waals surface area contributed by atoms with Crippen LogP contribution in [0.15, 0.2) is 71.7 Å². The molecule has 7 nitrogen and oxygen atoms in total. The lowest BCUT2D eigenvalue weighted by molar-refractivity contribution is -0.115. The Morgan fingerprint density at radius 2 is 1.90 bits per heavy atom. The summed E-state index contributed by atoms with van der Waals surface area (Å²) in [7, 11) is 1.60. The maximum absolute atomic E-state index is 13.0. The number of ether oxygens (including phenoxy) is 1. The fourth-order valence-corrected chi connectivity index (χ4v) is 3.28. The average Bonchev–Trinajstić information content (AvgIpc) is 2.74. The van der Waals surface area contributed by atoms with Gasteiger partial charge in [0.2, 0.25) is 5.91 Å². The number of hydrogen-bond acceptors (Lipinski definition) is 5. The molecule has 0 aliphatic carbocycles. The Bertz CT molecular complexity index is 1280. The van der Waals surface area contributed by atoms with Gasteiger partial charge >= 0.3 is 0 Å². The quantitative estimate of drug-likeness (QED) is 0.556. The smallest absolute Gasteiger partial charge is 0.267 e. The Hall–Kier alpha value is -4.00. The molecule has 0 fully saturated rings. The maximum Gasteiger partial charge on any atom is 0.267 e. The number of benzene rings is 2. The molecule has 1 amide bonds. The highest BCUT2D eigenvalue weighted by Gasteiger charge is 2.11. The summed E-state index contributed by atoms with van der Waals surface area (Å²) < 4.78 is 6.65. The second kappa shape index (κ2) is 8.16. The van der Waals surface area contributed by atoms with Gasteiger partial charge in [0.25, 0.3) is 5.56 Å². The summed E-state index contributed by atoms with van der Waals surface area (Å²) in [4.78, 5) is 34.0. The largest absolute Gasteiger partial charge is 0.497 e. The molecule has 0 spiro atoms. The van der Waals surface area contributed by atoms with Crippen molar-refractivity contribution in [3.63, 3.8) is 0 Å². The van der Waals surface area contributed by atoms with E-state index in [9.17, 15) is 9.59 Å². The Kier molecular flexibility index (Phi) is 5.26. The molecular formula is C23H20N4O3. The van der Waals surface area contributed by atoms with Gasteiger partial charge in [-0.25, -0.2) is 9.97 Å². The fraction of sp³-hybridized carbons (Fsp3) is 0.130.